The van der Waals surface area contributed by atoms with Crippen molar-refractivity contribution >= 4 is 5.97 Å². The van der Waals surface area contributed by atoms with Gasteiger partial charge in [-0.25, -0.2) is 0 Å². The van der Waals surface area contributed by atoms with Crippen LogP contribution in [0.2, 0.25) is 0 Å². The highest BCUT2D eigenvalue weighted by Gasteiger charge is 2.38. The van der Waals surface area contributed by atoms with Crippen molar-refractivity contribution in [2.75, 3.05) is 27.2 Å². The minimum atomic E-state index is -0.667. The van der Waals surface area contributed by atoms with Crippen molar-refractivity contribution in [2.24, 2.45) is 5.92 Å². The first kappa shape index (κ1) is 11.5. The first-order valence-corrected chi connectivity index (χ1v) is 5.24. The fourth-order valence-corrected chi connectivity index (χ4v) is 1.81. The minimum Gasteiger partial charge on any atom is -0.480 e. The number of hydrogen-bond donors (Lipinski definition) is 2. The molecule has 0 spiro atoms. The lowest BCUT2D eigenvalue weighted by Crippen LogP contribution is -2.41. The van der Waals surface area contributed by atoms with Gasteiger partial charge in [0.05, 0.1) is 0 Å². The molecule has 0 amide bonds. The fraction of sp³-hybridized carbons (Fsp3) is 0.900. The summed E-state index contributed by atoms with van der Waals surface area (Å²) in [7, 11) is 3.82. The van der Waals surface area contributed by atoms with E-state index in [1.54, 1.807) is 0 Å². The maximum Gasteiger partial charge on any atom is 0.321 e. The number of hydrogen-bond acceptors (Lipinski definition) is 3. The summed E-state index contributed by atoms with van der Waals surface area (Å²) >= 11 is 0. The Labute approximate surface area is 85.3 Å². The summed E-state index contributed by atoms with van der Waals surface area (Å²) in [5, 5.41) is 12.1. The molecule has 1 unspecified atom stereocenters. The van der Waals surface area contributed by atoms with Crippen LogP contribution in [0.4, 0.5) is 0 Å². The van der Waals surface area contributed by atoms with E-state index in [9.17, 15) is 4.79 Å². The third-order valence-corrected chi connectivity index (χ3v) is 2.73. The molecule has 0 aliphatic heterocycles. The van der Waals surface area contributed by atoms with Crippen LogP contribution in [0.15, 0.2) is 0 Å². The predicted molar refractivity (Wildman–Crippen MR) is 55.3 cm³/mol. The van der Waals surface area contributed by atoms with Gasteiger partial charge in [-0.05, 0) is 52.4 Å². The van der Waals surface area contributed by atoms with Crippen molar-refractivity contribution in [1.29, 1.82) is 0 Å². The third-order valence-electron chi connectivity index (χ3n) is 2.73. The molecule has 4 heteroatoms. The van der Waals surface area contributed by atoms with E-state index in [4.69, 9.17) is 5.11 Å². The van der Waals surface area contributed by atoms with Gasteiger partial charge in [-0.2, -0.15) is 0 Å². The molecule has 1 rings (SSSR count). The van der Waals surface area contributed by atoms with E-state index in [0.717, 1.165) is 32.4 Å². The first-order chi connectivity index (χ1) is 6.66. The molecule has 1 saturated carbocycles. The zero-order valence-corrected chi connectivity index (χ0v) is 8.99. The molecule has 1 aliphatic rings. The number of nitrogens with one attached hydrogen (secondary N) is 1. The molecule has 0 heterocycles. The van der Waals surface area contributed by atoms with Gasteiger partial charge in [0.2, 0.25) is 0 Å². The Morgan fingerprint density at radius 2 is 2.29 bits per heavy atom. The van der Waals surface area contributed by atoms with Gasteiger partial charge in [0.15, 0.2) is 0 Å². The van der Waals surface area contributed by atoms with Crippen molar-refractivity contribution < 1.29 is 9.90 Å². The van der Waals surface area contributed by atoms with E-state index in [0.29, 0.717) is 5.92 Å². The highest BCUT2D eigenvalue weighted by molar-refractivity contribution is 5.74. The zero-order chi connectivity index (χ0) is 10.6. The highest BCUT2D eigenvalue weighted by Crippen LogP contribution is 2.35. The van der Waals surface area contributed by atoms with E-state index in [1.165, 1.54) is 0 Å². The van der Waals surface area contributed by atoms with Gasteiger partial charge in [0.25, 0.3) is 0 Å². The summed E-state index contributed by atoms with van der Waals surface area (Å²) in [4.78, 5) is 13.0. The lowest BCUT2D eigenvalue weighted by molar-refractivity contribution is -0.143. The van der Waals surface area contributed by atoms with Crippen molar-refractivity contribution in [1.82, 2.24) is 10.2 Å². The topological polar surface area (TPSA) is 52.6 Å². The van der Waals surface area contributed by atoms with Gasteiger partial charge in [0.1, 0.15) is 6.04 Å². The average molecular weight is 200 g/mol. The molecule has 82 valence electrons. The van der Waals surface area contributed by atoms with Crippen LogP contribution in [0.1, 0.15) is 19.3 Å². The van der Waals surface area contributed by atoms with Crippen molar-refractivity contribution in [2.45, 2.75) is 25.3 Å². The fourth-order valence-electron chi connectivity index (χ4n) is 1.81. The second-order valence-corrected chi connectivity index (χ2v) is 4.06. The summed E-state index contributed by atoms with van der Waals surface area (Å²) in [5.74, 6) is -0.272. The van der Waals surface area contributed by atoms with E-state index in [1.807, 2.05) is 19.0 Å². The Hall–Kier alpha value is -0.610. The molecular weight excluding hydrogens is 180 g/mol. The molecule has 2 N–H and O–H groups in total. The van der Waals surface area contributed by atoms with E-state index < -0.39 is 5.97 Å². The van der Waals surface area contributed by atoms with Crippen molar-refractivity contribution in [3.63, 3.8) is 0 Å². The average Bonchev–Trinajstić information content (AvgIpc) is 2.88. The number of likely N-dealkylation sites (N-methyl/N-ethyl adjacent to an activating group) is 1. The highest BCUT2D eigenvalue weighted by atomic mass is 16.4. The third kappa shape index (κ3) is 3.27. The summed E-state index contributed by atoms with van der Waals surface area (Å²) in [5.41, 5.74) is 0. The van der Waals surface area contributed by atoms with Crippen LogP contribution in [0.3, 0.4) is 0 Å². The molecule has 1 fully saturated rings. The zero-order valence-electron chi connectivity index (χ0n) is 8.99. The van der Waals surface area contributed by atoms with Crippen molar-refractivity contribution in [3.8, 4) is 0 Å². The monoisotopic (exact) mass is 200 g/mol. The number of nitrogens with zero attached hydrogens (tertiary/aromatic N) is 1. The van der Waals surface area contributed by atoms with Gasteiger partial charge < -0.3 is 10.4 Å². The van der Waals surface area contributed by atoms with Crippen LogP contribution < -0.4 is 5.32 Å². The molecule has 0 aromatic heterocycles. The normalized spacial score (nSPS) is 18.5. The number of carbonyl (C=O) groups is 1. The Morgan fingerprint density at radius 1 is 1.64 bits per heavy atom. The van der Waals surface area contributed by atoms with Gasteiger partial charge in [-0.1, -0.05) is 0 Å². The lowest BCUT2D eigenvalue weighted by Gasteiger charge is -2.24. The standard InChI is InChI=1S/C10H20N2O2/c1-11-6-3-7-12(2)9(10(13)14)8-4-5-8/h8-9,11H,3-7H2,1-2H3,(H,13,14). The molecule has 4 nitrogen and oxygen atoms in total. The largest absolute Gasteiger partial charge is 0.480 e. The number of aliphatic carboxylic acids is 1. The van der Waals surface area contributed by atoms with E-state index in [-0.39, 0.29) is 6.04 Å². The number of rotatable bonds is 7. The maximum atomic E-state index is 11.0. The number of carboxylic acids is 1. The summed E-state index contributed by atoms with van der Waals surface area (Å²) < 4.78 is 0. The van der Waals surface area contributed by atoms with Crippen LogP contribution in [-0.2, 0) is 4.79 Å². The smallest absolute Gasteiger partial charge is 0.321 e. The van der Waals surface area contributed by atoms with Crippen LogP contribution in [0.5, 0.6) is 0 Å². The van der Waals surface area contributed by atoms with Crippen molar-refractivity contribution in [3.05, 3.63) is 0 Å². The van der Waals surface area contributed by atoms with Crippen LogP contribution >= 0.6 is 0 Å². The summed E-state index contributed by atoms with van der Waals surface area (Å²) in [6.07, 6.45) is 3.16. The molecule has 1 atom stereocenters. The quantitative estimate of drug-likeness (QED) is 0.584. The van der Waals surface area contributed by atoms with E-state index >= 15 is 0 Å². The first-order valence-electron chi connectivity index (χ1n) is 5.24. The predicted octanol–water partition coefficient (Wildman–Crippen LogP) is 0.391. The molecule has 14 heavy (non-hydrogen) atoms. The number of carboxylic acid groups (broad SMARTS) is 1. The minimum absolute atomic E-state index is 0.258. The Kier molecular flexibility index (Phi) is 4.35. The molecule has 0 radical (unpaired) electrons. The van der Waals surface area contributed by atoms with Gasteiger partial charge >= 0.3 is 5.97 Å². The van der Waals surface area contributed by atoms with Crippen LogP contribution in [0, 0.1) is 5.92 Å². The van der Waals surface area contributed by atoms with E-state index in [2.05, 4.69) is 5.32 Å². The SMILES string of the molecule is CNCCCN(C)C(C(=O)O)C1CC1. The summed E-state index contributed by atoms with van der Waals surface area (Å²) in [6.45, 7) is 1.80. The van der Waals surface area contributed by atoms with Gasteiger partial charge in [-0.15, -0.1) is 0 Å². The molecule has 0 saturated heterocycles. The molecule has 1 aliphatic carbocycles. The Balaban J connectivity index is 2.31. The second-order valence-electron chi connectivity index (χ2n) is 4.06. The Morgan fingerprint density at radius 3 is 2.71 bits per heavy atom. The Bertz CT molecular complexity index is 193. The molecule has 0 aromatic carbocycles. The maximum absolute atomic E-state index is 11.0. The van der Waals surface area contributed by atoms with Crippen LogP contribution in [-0.4, -0.2) is 49.2 Å². The van der Waals surface area contributed by atoms with Gasteiger partial charge in [-0.3, -0.25) is 9.69 Å². The summed E-state index contributed by atoms with van der Waals surface area (Å²) in [6, 6.07) is -0.258. The second kappa shape index (κ2) is 5.32. The van der Waals surface area contributed by atoms with Crippen LogP contribution in [0.25, 0.3) is 0 Å². The molecule has 0 aromatic rings. The molecule has 0 bridgehead atoms. The lowest BCUT2D eigenvalue weighted by atomic mass is 10.1. The van der Waals surface area contributed by atoms with Gasteiger partial charge in [0, 0.05) is 0 Å². The molecular formula is C10H20N2O2.